The molecule has 1 unspecified atom stereocenters. The fourth-order valence-electron chi connectivity index (χ4n) is 2.66. The summed E-state index contributed by atoms with van der Waals surface area (Å²) in [4.78, 5) is 27.0. The van der Waals surface area contributed by atoms with Gasteiger partial charge in [0.05, 0.1) is 12.0 Å². The lowest BCUT2D eigenvalue weighted by Crippen LogP contribution is -2.35. The molecule has 0 aliphatic carbocycles. The summed E-state index contributed by atoms with van der Waals surface area (Å²) in [6.45, 7) is 2.03. The summed E-state index contributed by atoms with van der Waals surface area (Å²) in [6.07, 6.45) is 0.858. The maximum Gasteiger partial charge on any atom is 0.348 e. The van der Waals surface area contributed by atoms with E-state index in [4.69, 9.17) is 0 Å². The zero-order valence-corrected chi connectivity index (χ0v) is 12.6. The van der Waals surface area contributed by atoms with Crippen LogP contribution in [0.4, 0.5) is 5.69 Å². The number of methoxy groups -OCH3 is 1. The molecule has 1 atom stereocenters. The molecule has 108 valence electrons. The molecule has 2 aromatic rings. The van der Waals surface area contributed by atoms with Crippen LogP contribution in [0.15, 0.2) is 36.4 Å². The number of amides is 1. The molecule has 2 heterocycles. The summed E-state index contributed by atoms with van der Waals surface area (Å²) in [7, 11) is 1.34. The van der Waals surface area contributed by atoms with E-state index in [-0.39, 0.29) is 11.9 Å². The molecule has 1 aromatic heterocycles. The Labute approximate surface area is 127 Å². The molecule has 0 bridgehead atoms. The Balaban J connectivity index is 1.92. The number of ether oxygens (including phenoxy) is 1. The number of para-hydroxylation sites is 1. The van der Waals surface area contributed by atoms with Gasteiger partial charge in [0, 0.05) is 11.7 Å². The van der Waals surface area contributed by atoms with Crippen LogP contribution < -0.4 is 4.90 Å². The van der Waals surface area contributed by atoms with Gasteiger partial charge in [0.1, 0.15) is 4.88 Å². The van der Waals surface area contributed by atoms with Crippen molar-refractivity contribution in [3.63, 3.8) is 0 Å². The largest absolute Gasteiger partial charge is 0.465 e. The van der Waals surface area contributed by atoms with Crippen LogP contribution in [0.5, 0.6) is 0 Å². The summed E-state index contributed by atoms with van der Waals surface area (Å²) in [6, 6.07) is 11.4. The number of thiophene rings is 1. The molecule has 0 fully saturated rings. The highest BCUT2D eigenvalue weighted by molar-refractivity contribution is 7.16. The number of nitrogens with zero attached hydrogens (tertiary/aromatic N) is 1. The molecule has 0 radical (unpaired) electrons. The van der Waals surface area contributed by atoms with Crippen LogP contribution in [0, 0.1) is 0 Å². The van der Waals surface area contributed by atoms with Crippen molar-refractivity contribution in [3.05, 3.63) is 51.7 Å². The Hall–Kier alpha value is -2.14. The molecular weight excluding hydrogens is 286 g/mol. The van der Waals surface area contributed by atoms with E-state index in [0.29, 0.717) is 9.75 Å². The van der Waals surface area contributed by atoms with Crippen LogP contribution in [0.3, 0.4) is 0 Å². The number of hydrogen-bond donors (Lipinski definition) is 0. The van der Waals surface area contributed by atoms with Crippen LogP contribution in [0.25, 0.3) is 0 Å². The van der Waals surface area contributed by atoms with Crippen molar-refractivity contribution in [2.24, 2.45) is 0 Å². The van der Waals surface area contributed by atoms with E-state index in [9.17, 15) is 9.59 Å². The zero-order valence-electron chi connectivity index (χ0n) is 11.8. The van der Waals surface area contributed by atoms with Gasteiger partial charge in [-0.15, -0.1) is 11.3 Å². The van der Waals surface area contributed by atoms with E-state index < -0.39 is 5.97 Å². The second-order valence-electron chi connectivity index (χ2n) is 5.01. The molecule has 5 heteroatoms. The first kappa shape index (κ1) is 13.8. The number of rotatable bonds is 2. The highest BCUT2D eigenvalue weighted by atomic mass is 32.1. The average Bonchev–Trinajstić information content (AvgIpc) is 3.09. The van der Waals surface area contributed by atoms with Gasteiger partial charge in [0.2, 0.25) is 0 Å². The Morgan fingerprint density at radius 1 is 1.19 bits per heavy atom. The molecule has 21 heavy (non-hydrogen) atoms. The molecule has 1 aromatic carbocycles. The van der Waals surface area contributed by atoms with Crippen molar-refractivity contribution in [3.8, 4) is 0 Å². The third-order valence-corrected chi connectivity index (χ3v) is 4.68. The van der Waals surface area contributed by atoms with Crippen LogP contribution in [0.1, 0.15) is 31.8 Å². The standard InChI is InChI=1S/C16H15NO3S/c1-10-9-11-5-3-4-6-12(11)17(10)15(18)13-7-8-14(21-13)16(19)20-2/h3-8,10H,9H2,1-2H3. The SMILES string of the molecule is COC(=O)c1ccc(C(=O)N2c3ccccc3CC2C)s1. The molecule has 3 rings (SSSR count). The second-order valence-corrected chi connectivity index (χ2v) is 6.10. The van der Waals surface area contributed by atoms with Gasteiger partial charge in [0.15, 0.2) is 0 Å². The Morgan fingerprint density at radius 2 is 1.90 bits per heavy atom. The first-order chi connectivity index (χ1) is 10.1. The predicted molar refractivity (Wildman–Crippen MR) is 82.1 cm³/mol. The summed E-state index contributed by atoms with van der Waals surface area (Å²) in [5.74, 6) is -0.471. The monoisotopic (exact) mass is 301 g/mol. The zero-order chi connectivity index (χ0) is 15.0. The van der Waals surface area contributed by atoms with Crippen LogP contribution in [-0.2, 0) is 11.2 Å². The molecule has 0 saturated carbocycles. The number of benzene rings is 1. The lowest BCUT2D eigenvalue weighted by Gasteiger charge is -2.21. The Bertz CT molecular complexity index is 707. The first-order valence-corrected chi connectivity index (χ1v) is 7.53. The molecule has 0 saturated heterocycles. The van der Waals surface area contributed by atoms with Gasteiger partial charge in [-0.05, 0) is 37.1 Å². The molecular formula is C16H15NO3S. The third kappa shape index (κ3) is 2.34. The fraction of sp³-hybridized carbons (Fsp3) is 0.250. The van der Waals surface area contributed by atoms with E-state index >= 15 is 0 Å². The number of carbonyl (C=O) groups is 2. The van der Waals surface area contributed by atoms with Gasteiger partial charge in [-0.25, -0.2) is 4.79 Å². The van der Waals surface area contributed by atoms with Gasteiger partial charge in [0.25, 0.3) is 5.91 Å². The van der Waals surface area contributed by atoms with E-state index in [1.54, 1.807) is 12.1 Å². The molecule has 1 aliphatic rings. The molecule has 1 amide bonds. The minimum absolute atomic E-state index is 0.0624. The predicted octanol–water partition coefficient (Wildman–Crippen LogP) is 3.13. The van der Waals surface area contributed by atoms with Gasteiger partial charge in [-0.3, -0.25) is 4.79 Å². The lowest BCUT2D eigenvalue weighted by molar-refractivity contribution is 0.0606. The van der Waals surface area contributed by atoms with Crippen molar-refractivity contribution >= 4 is 28.9 Å². The normalized spacial score (nSPS) is 16.7. The quantitative estimate of drug-likeness (QED) is 0.801. The summed E-state index contributed by atoms with van der Waals surface area (Å²) in [5.41, 5.74) is 2.14. The maximum atomic E-state index is 12.7. The fourth-order valence-corrected chi connectivity index (χ4v) is 3.52. The van der Waals surface area contributed by atoms with E-state index in [1.165, 1.54) is 24.0 Å². The molecule has 4 nitrogen and oxygen atoms in total. The van der Waals surface area contributed by atoms with Crippen molar-refractivity contribution in [2.75, 3.05) is 12.0 Å². The van der Waals surface area contributed by atoms with Gasteiger partial charge in [-0.2, -0.15) is 0 Å². The number of hydrogen-bond acceptors (Lipinski definition) is 4. The van der Waals surface area contributed by atoms with Gasteiger partial charge in [-0.1, -0.05) is 18.2 Å². The number of anilines is 1. The lowest BCUT2D eigenvalue weighted by atomic mass is 10.1. The molecule has 0 spiro atoms. The topological polar surface area (TPSA) is 46.6 Å². The molecule has 1 aliphatic heterocycles. The second kappa shape index (κ2) is 5.33. The maximum absolute atomic E-state index is 12.7. The Kier molecular flexibility index (Phi) is 3.51. The smallest absolute Gasteiger partial charge is 0.348 e. The van der Waals surface area contributed by atoms with Crippen LogP contribution in [0.2, 0.25) is 0 Å². The highest BCUT2D eigenvalue weighted by Crippen LogP contribution is 2.34. The summed E-state index contributed by atoms with van der Waals surface area (Å²) >= 11 is 1.17. The van der Waals surface area contributed by atoms with E-state index in [1.807, 2.05) is 36.1 Å². The van der Waals surface area contributed by atoms with Crippen LogP contribution >= 0.6 is 11.3 Å². The third-order valence-electron chi connectivity index (χ3n) is 3.63. The number of fused-ring (bicyclic) bond motifs is 1. The number of esters is 1. The molecule has 0 N–H and O–H groups in total. The highest BCUT2D eigenvalue weighted by Gasteiger charge is 2.32. The van der Waals surface area contributed by atoms with Crippen LogP contribution in [-0.4, -0.2) is 25.0 Å². The van der Waals surface area contributed by atoms with Gasteiger partial charge >= 0.3 is 5.97 Å². The van der Waals surface area contributed by atoms with E-state index in [0.717, 1.165) is 12.1 Å². The average molecular weight is 301 g/mol. The van der Waals surface area contributed by atoms with Crippen molar-refractivity contribution in [1.82, 2.24) is 0 Å². The summed E-state index contributed by atoms with van der Waals surface area (Å²) in [5, 5.41) is 0. The minimum Gasteiger partial charge on any atom is -0.465 e. The first-order valence-electron chi connectivity index (χ1n) is 6.71. The Morgan fingerprint density at radius 3 is 2.67 bits per heavy atom. The number of carbonyl (C=O) groups excluding carboxylic acids is 2. The van der Waals surface area contributed by atoms with E-state index in [2.05, 4.69) is 4.74 Å². The van der Waals surface area contributed by atoms with Crippen molar-refractivity contribution < 1.29 is 14.3 Å². The van der Waals surface area contributed by atoms with Crippen molar-refractivity contribution in [2.45, 2.75) is 19.4 Å². The van der Waals surface area contributed by atoms with Gasteiger partial charge < -0.3 is 9.64 Å². The van der Waals surface area contributed by atoms with Crippen molar-refractivity contribution in [1.29, 1.82) is 0 Å². The minimum atomic E-state index is -0.408. The summed E-state index contributed by atoms with van der Waals surface area (Å²) < 4.78 is 4.68.